The third kappa shape index (κ3) is 1.78. The molecule has 1 saturated carbocycles. The van der Waals surface area contributed by atoms with Crippen molar-refractivity contribution in [3.63, 3.8) is 0 Å². The Hall–Kier alpha value is -1.16. The summed E-state index contributed by atoms with van der Waals surface area (Å²) in [5.41, 5.74) is 5.65. The van der Waals surface area contributed by atoms with Gasteiger partial charge in [-0.05, 0) is 25.7 Å². The molecule has 1 fully saturated rings. The third-order valence-electron chi connectivity index (χ3n) is 3.35. The maximum absolute atomic E-state index is 6.15. The van der Waals surface area contributed by atoms with Crippen LogP contribution in [-0.4, -0.2) is 10.1 Å². The Labute approximate surface area is 95.9 Å². The monoisotopic (exact) mass is 221 g/mol. The topological polar surface area (TPSA) is 64.9 Å². The average Bonchev–Trinajstić information content (AvgIpc) is 2.63. The molecule has 0 aliphatic heterocycles. The van der Waals surface area contributed by atoms with E-state index in [-0.39, 0.29) is 11.0 Å². The lowest BCUT2D eigenvalue weighted by molar-refractivity contribution is 0.227. The number of nitrogens with zero attached hydrogens (tertiary/aromatic N) is 2. The molecule has 88 valence electrons. The van der Waals surface area contributed by atoms with E-state index in [1.165, 1.54) is 0 Å². The Balaban J connectivity index is 2.22. The van der Waals surface area contributed by atoms with Gasteiger partial charge < -0.3 is 10.3 Å². The van der Waals surface area contributed by atoms with E-state index in [1.807, 2.05) is 6.08 Å². The molecule has 1 aliphatic carbocycles. The SMILES string of the molecule is C=CCC(C)(C)c1nc(C2(N)CCC2)no1. The van der Waals surface area contributed by atoms with E-state index in [0.29, 0.717) is 11.7 Å². The first-order valence-corrected chi connectivity index (χ1v) is 5.72. The molecule has 0 bridgehead atoms. The smallest absolute Gasteiger partial charge is 0.232 e. The number of nitrogens with two attached hydrogens (primary N) is 1. The molecule has 0 radical (unpaired) electrons. The minimum Gasteiger partial charge on any atom is -0.339 e. The minimum atomic E-state index is -0.341. The summed E-state index contributed by atoms with van der Waals surface area (Å²) in [6.07, 6.45) is 5.73. The first kappa shape index (κ1) is 11.3. The second-order valence-electron chi connectivity index (χ2n) is 5.31. The first-order valence-electron chi connectivity index (χ1n) is 5.72. The van der Waals surface area contributed by atoms with Crippen LogP contribution in [0.4, 0.5) is 0 Å². The van der Waals surface area contributed by atoms with Gasteiger partial charge in [-0.3, -0.25) is 0 Å². The van der Waals surface area contributed by atoms with Crippen molar-refractivity contribution in [2.24, 2.45) is 5.73 Å². The molecule has 16 heavy (non-hydrogen) atoms. The molecular formula is C12H19N3O. The van der Waals surface area contributed by atoms with Crippen molar-refractivity contribution in [2.45, 2.75) is 50.5 Å². The van der Waals surface area contributed by atoms with Crippen molar-refractivity contribution >= 4 is 0 Å². The van der Waals surface area contributed by atoms with Gasteiger partial charge in [0.05, 0.1) is 5.54 Å². The molecule has 4 nitrogen and oxygen atoms in total. The van der Waals surface area contributed by atoms with Crippen molar-refractivity contribution in [1.29, 1.82) is 0 Å². The molecule has 2 N–H and O–H groups in total. The average molecular weight is 221 g/mol. The zero-order valence-corrected chi connectivity index (χ0v) is 9.99. The van der Waals surface area contributed by atoms with Gasteiger partial charge in [0, 0.05) is 5.41 Å². The van der Waals surface area contributed by atoms with Gasteiger partial charge in [0.1, 0.15) is 0 Å². The second-order valence-corrected chi connectivity index (χ2v) is 5.31. The van der Waals surface area contributed by atoms with Crippen molar-refractivity contribution in [1.82, 2.24) is 10.1 Å². The van der Waals surface area contributed by atoms with E-state index in [9.17, 15) is 0 Å². The summed E-state index contributed by atoms with van der Waals surface area (Å²) in [5.74, 6) is 1.31. The number of allylic oxidation sites excluding steroid dienone is 1. The largest absolute Gasteiger partial charge is 0.339 e. The Morgan fingerprint density at radius 2 is 2.25 bits per heavy atom. The van der Waals surface area contributed by atoms with Crippen molar-refractivity contribution < 1.29 is 4.52 Å². The molecule has 4 heteroatoms. The number of rotatable bonds is 4. The minimum absolute atomic E-state index is 0.160. The highest BCUT2D eigenvalue weighted by Crippen LogP contribution is 2.38. The van der Waals surface area contributed by atoms with Crippen LogP contribution >= 0.6 is 0 Å². The van der Waals surface area contributed by atoms with E-state index in [1.54, 1.807) is 0 Å². The Morgan fingerprint density at radius 1 is 1.56 bits per heavy atom. The molecule has 1 aliphatic rings. The fourth-order valence-corrected chi connectivity index (χ4v) is 1.93. The molecule has 2 rings (SSSR count). The van der Waals surface area contributed by atoms with Crippen LogP contribution in [0.3, 0.4) is 0 Å². The fraction of sp³-hybridized carbons (Fsp3) is 0.667. The van der Waals surface area contributed by atoms with Crippen LogP contribution in [0.25, 0.3) is 0 Å². The molecule has 0 atom stereocenters. The summed E-state index contributed by atoms with van der Waals surface area (Å²) in [4.78, 5) is 4.44. The van der Waals surface area contributed by atoms with Crippen molar-refractivity contribution in [2.75, 3.05) is 0 Å². The molecule has 0 aromatic carbocycles. The van der Waals surface area contributed by atoms with E-state index in [2.05, 4.69) is 30.6 Å². The van der Waals surface area contributed by atoms with Gasteiger partial charge in [-0.2, -0.15) is 4.98 Å². The van der Waals surface area contributed by atoms with E-state index in [0.717, 1.165) is 25.7 Å². The van der Waals surface area contributed by atoms with E-state index < -0.39 is 0 Å². The molecule has 0 saturated heterocycles. The summed E-state index contributed by atoms with van der Waals surface area (Å²) >= 11 is 0. The van der Waals surface area contributed by atoms with Crippen molar-refractivity contribution in [3.8, 4) is 0 Å². The summed E-state index contributed by atoms with van der Waals surface area (Å²) in [7, 11) is 0. The number of aromatic nitrogens is 2. The molecule has 0 amide bonds. The van der Waals surface area contributed by atoms with Gasteiger partial charge in [0.15, 0.2) is 5.82 Å². The Bertz CT molecular complexity index is 391. The van der Waals surface area contributed by atoms with Crippen LogP contribution < -0.4 is 5.73 Å². The predicted molar refractivity (Wildman–Crippen MR) is 61.9 cm³/mol. The van der Waals surface area contributed by atoms with Gasteiger partial charge in [0.25, 0.3) is 0 Å². The quantitative estimate of drug-likeness (QED) is 0.792. The zero-order valence-electron chi connectivity index (χ0n) is 9.99. The van der Waals surface area contributed by atoms with Gasteiger partial charge >= 0.3 is 0 Å². The highest BCUT2D eigenvalue weighted by molar-refractivity contribution is 5.12. The summed E-state index contributed by atoms with van der Waals surface area (Å²) in [6.45, 7) is 7.87. The molecule has 0 unspecified atom stereocenters. The van der Waals surface area contributed by atoms with Gasteiger partial charge in [0.2, 0.25) is 5.89 Å². The fourth-order valence-electron chi connectivity index (χ4n) is 1.93. The van der Waals surface area contributed by atoms with Gasteiger partial charge in [-0.15, -0.1) is 6.58 Å². The summed E-state index contributed by atoms with van der Waals surface area (Å²) in [5, 5.41) is 4.01. The van der Waals surface area contributed by atoms with Crippen LogP contribution in [0.2, 0.25) is 0 Å². The number of hydrogen-bond acceptors (Lipinski definition) is 4. The molecule has 0 spiro atoms. The Kier molecular flexibility index (Phi) is 2.62. The van der Waals surface area contributed by atoms with Gasteiger partial charge in [-0.25, -0.2) is 0 Å². The Morgan fingerprint density at radius 3 is 2.75 bits per heavy atom. The number of hydrogen-bond donors (Lipinski definition) is 1. The highest BCUT2D eigenvalue weighted by Gasteiger charge is 2.40. The molecular weight excluding hydrogens is 202 g/mol. The van der Waals surface area contributed by atoms with Crippen LogP contribution in [0.1, 0.15) is 51.2 Å². The molecule has 1 heterocycles. The third-order valence-corrected chi connectivity index (χ3v) is 3.35. The second kappa shape index (κ2) is 3.70. The van der Waals surface area contributed by atoms with Crippen LogP contribution in [0, 0.1) is 0 Å². The first-order chi connectivity index (χ1) is 7.48. The zero-order chi connectivity index (χ0) is 11.8. The lowest BCUT2D eigenvalue weighted by Gasteiger charge is -2.34. The predicted octanol–water partition coefficient (Wildman–Crippen LogP) is 2.26. The van der Waals surface area contributed by atoms with Crippen molar-refractivity contribution in [3.05, 3.63) is 24.4 Å². The van der Waals surface area contributed by atoms with Gasteiger partial charge in [-0.1, -0.05) is 25.1 Å². The maximum Gasteiger partial charge on any atom is 0.232 e. The standard InChI is InChI=1S/C12H19N3O/c1-4-6-11(2,3)10-14-9(15-16-10)12(13)7-5-8-12/h4H,1,5-8,13H2,2-3H3. The van der Waals surface area contributed by atoms with Crippen LogP contribution in [0.5, 0.6) is 0 Å². The van der Waals surface area contributed by atoms with Crippen LogP contribution in [0.15, 0.2) is 17.2 Å². The molecule has 1 aromatic rings. The summed E-state index contributed by atoms with van der Waals surface area (Å²) in [6, 6.07) is 0. The summed E-state index contributed by atoms with van der Waals surface area (Å²) < 4.78 is 5.32. The molecule has 1 aromatic heterocycles. The lowest BCUT2D eigenvalue weighted by Crippen LogP contribution is -2.44. The normalized spacial score (nSPS) is 19.2. The maximum atomic E-state index is 6.15. The lowest BCUT2D eigenvalue weighted by atomic mass is 9.77. The van der Waals surface area contributed by atoms with Crippen LogP contribution in [-0.2, 0) is 11.0 Å². The van der Waals surface area contributed by atoms with E-state index >= 15 is 0 Å². The van der Waals surface area contributed by atoms with E-state index in [4.69, 9.17) is 10.3 Å². The highest BCUT2D eigenvalue weighted by atomic mass is 16.5.